The van der Waals surface area contributed by atoms with E-state index in [-0.39, 0.29) is 18.0 Å². The van der Waals surface area contributed by atoms with Gasteiger partial charge >= 0.3 is 0 Å². The third kappa shape index (κ3) is 3.34. The summed E-state index contributed by atoms with van der Waals surface area (Å²) in [7, 11) is 0. The Morgan fingerprint density at radius 3 is 2.84 bits per heavy atom. The zero-order valence-electron chi connectivity index (χ0n) is 13.3. The number of nitrogens with zero attached hydrogens (tertiary/aromatic N) is 4. The van der Waals surface area contributed by atoms with Crippen LogP contribution in [0.2, 0.25) is 0 Å². The van der Waals surface area contributed by atoms with E-state index in [0.29, 0.717) is 5.69 Å². The van der Waals surface area contributed by atoms with E-state index in [4.69, 9.17) is 0 Å². The molecule has 4 rings (SSSR count). The molecule has 1 N–H and O–H groups in total. The second kappa shape index (κ2) is 6.56. The molecule has 1 aromatic carbocycles. The standard InChI is InChI=1S/C17H15N5O2S/c23-15(10-22-11-18-6-5-16(22)24)19-13-3-1-12(2-4-13)14-9-21-7-8-25-17(21)20-14/h1-6,9,11H,7-8,10H2,(H,19,23). The number of hydrogen-bond donors (Lipinski definition) is 1. The first kappa shape index (κ1) is 15.6. The molecule has 2 aromatic heterocycles. The SMILES string of the molecule is O=C(Cn1cnccc1=O)Nc1ccc(-c2cn3c(n2)SCC3)cc1. The Morgan fingerprint density at radius 2 is 2.08 bits per heavy atom. The van der Waals surface area contributed by atoms with Gasteiger partial charge in [-0.2, -0.15) is 0 Å². The molecule has 0 atom stereocenters. The highest BCUT2D eigenvalue weighted by molar-refractivity contribution is 7.99. The number of benzene rings is 1. The highest BCUT2D eigenvalue weighted by atomic mass is 32.2. The van der Waals surface area contributed by atoms with Crippen molar-refractivity contribution >= 4 is 23.4 Å². The van der Waals surface area contributed by atoms with Crippen LogP contribution in [0.15, 0.2) is 59.0 Å². The third-order valence-electron chi connectivity index (χ3n) is 3.87. The second-order valence-electron chi connectivity index (χ2n) is 5.62. The minimum absolute atomic E-state index is 0.0700. The molecular weight excluding hydrogens is 338 g/mol. The normalized spacial score (nSPS) is 12.8. The molecular formula is C17H15N5O2S. The number of anilines is 1. The van der Waals surface area contributed by atoms with Crippen LogP contribution in [0.25, 0.3) is 11.3 Å². The van der Waals surface area contributed by atoms with Gasteiger partial charge in [0.1, 0.15) is 6.54 Å². The van der Waals surface area contributed by atoms with E-state index >= 15 is 0 Å². The number of aryl methyl sites for hydroxylation is 1. The van der Waals surface area contributed by atoms with Gasteiger partial charge in [-0.3, -0.25) is 14.2 Å². The smallest absolute Gasteiger partial charge is 0.253 e. The fourth-order valence-electron chi connectivity index (χ4n) is 2.63. The molecule has 0 spiro atoms. The van der Waals surface area contributed by atoms with Crippen molar-refractivity contribution in [3.63, 3.8) is 0 Å². The van der Waals surface area contributed by atoms with E-state index < -0.39 is 0 Å². The number of imidazole rings is 1. The largest absolute Gasteiger partial charge is 0.325 e. The maximum atomic E-state index is 12.1. The number of thioether (sulfide) groups is 1. The number of hydrogen-bond acceptors (Lipinski definition) is 5. The summed E-state index contributed by atoms with van der Waals surface area (Å²) in [6, 6.07) is 8.83. The van der Waals surface area contributed by atoms with E-state index in [1.54, 1.807) is 11.8 Å². The maximum absolute atomic E-state index is 12.1. The fourth-order valence-corrected chi connectivity index (χ4v) is 3.57. The van der Waals surface area contributed by atoms with Crippen molar-refractivity contribution in [2.24, 2.45) is 0 Å². The third-order valence-corrected chi connectivity index (χ3v) is 4.84. The van der Waals surface area contributed by atoms with Gasteiger partial charge in [0.25, 0.3) is 5.56 Å². The van der Waals surface area contributed by atoms with Crippen molar-refractivity contribution in [2.75, 3.05) is 11.1 Å². The molecule has 0 saturated heterocycles. The van der Waals surface area contributed by atoms with Crippen LogP contribution in [0.5, 0.6) is 0 Å². The summed E-state index contributed by atoms with van der Waals surface area (Å²) < 4.78 is 3.41. The molecule has 7 nitrogen and oxygen atoms in total. The van der Waals surface area contributed by atoms with Gasteiger partial charge in [-0.1, -0.05) is 23.9 Å². The Hall–Kier alpha value is -2.87. The Bertz CT molecular complexity index is 956. The van der Waals surface area contributed by atoms with Gasteiger partial charge < -0.3 is 9.88 Å². The first-order chi connectivity index (χ1) is 12.2. The first-order valence-corrected chi connectivity index (χ1v) is 8.78. The molecule has 3 aromatic rings. The number of carbonyl (C=O) groups is 1. The van der Waals surface area contributed by atoms with E-state index in [0.717, 1.165) is 28.7 Å². The summed E-state index contributed by atoms with van der Waals surface area (Å²) in [5.41, 5.74) is 2.35. The Kier molecular flexibility index (Phi) is 4.10. The van der Waals surface area contributed by atoms with E-state index in [1.165, 1.54) is 23.2 Å². The molecule has 0 fully saturated rings. The molecule has 3 heterocycles. The topological polar surface area (TPSA) is 81.8 Å². The Morgan fingerprint density at radius 1 is 1.24 bits per heavy atom. The predicted octanol–water partition coefficient (Wildman–Crippen LogP) is 1.85. The monoisotopic (exact) mass is 353 g/mol. The van der Waals surface area contributed by atoms with Crippen LogP contribution in [-0.4, -0.2) is 30.8 Å². The molecule has 25 heavy (non-hydrogen) atoms. The Balaban J connectivity index is 1.44. The van der Waals surface area contributed by atoms with Gasteiger partial charge in [0.05, 0.1) is 12.0 Å². The van der Waals surface area contributed by atoms with Gasteiger partial charge in [-0.15, -0.1) is 0 Å². The van der Waals surface area contributed by atoms with Crippen LogP contribution in [0.4, 0.5) is 5.69 Å². The van der Waals surface area contributed by atoms with Gasteiger partial charge in [0, 0.05) is 42.0 Å². The molecule has 0 radical (unpaired) electrons. The lowest BCUT2D eigenvalue weighted by Gasteiger charge is -2.07. The first-order valence-electron chi connectivity index (χ1n) is 7.80. The predicted molar refractivity (Wildman–Crippen MR) is 95.5 cm³/mol. The molecule has 1 aliphatic rings. The van der Waals surface area contributed by atoms with Crippen molar-refractivity contribution in [1.82, 2.24) is 19.1 Å². The highest BCUT2D eigenvalue weighted by Crippen LogP contribution is 2.29. The molecule has 0 aliphatic carbocycles. The van der Waals surface area contributed by atoms with Crippen molar-refractivity contribution in [2.45, 2.75) is 18.2 Å². The number of amides is 1. The van der Waals surface area contributed by atoms with Crippen molar-refractivity contribution < 1.29 is 4.79 Å². The molecule has 1 amide bonds. The zero-order chi connectivity index (χ0) is 17.2. The molecule has 0 unspecified atom stereocenters. The van der Waals surface area contributed by atoms with Crippen LogP contribution in [0.3, 0.4) is 0 Å². The lowest BCUT2D eigenvalue weighted by atomic mass is 10.1. The zero-order valence-corrected chi connectivity index (χ0v) is 14.1. The van der Waals surface area contributed by atoms with Crippen molar-refractivity contribution in [3.05, 3.63) is 59.4 Å². The molecule has 1 aliphatic heterocycles. The second-order valence-corrected chi connectivity index (χ2v) is 6.68. The van der Waals surface area contributed by atoms with E-state index in [1.807, 2.05) is 24.3 Å². The summed E-state index contributed by atoms with van der Waals surface area (Å²) in [6.07, 6.45) is 4.80. The van der Waals surface area contributed by atoms with E-state index in [2.05, 4.69) is 26.0 Å². The molecule has 0 saturated carbocycles. The number of rotatable bonds is 4. The van der Waals surface area contributed by atoms with Crippen LogP contribution in [-0.2, 0) is 17.9 Å². The maximum Gasteiger partial charge on any atom is 0.253 e. The summed E-state index contributed by atoms with van der Waals surface area (Å²) >= 11 is 1.76. The minimum atomic E-state index is -0.278. The average Bonchev–Trinajstić information content (AvgIpc) is 3.19. The van der Waals surface area contributed by atoms with Crippen LogP contribution in [0, 0.1) is 0 Å². The van der Waals surface area contributed by atoms with Crippen LogP contribution < -0.4 is 10.9 Å². The summed E-state index contributed by atoms with van der Waals surface area (Å²) in [4.78, 5) is 32.1. The fraction of sp³-hybridized carbons (Fsp3) is 0.176. The lowest BCUT2D eigenvalue weighted by Crippen LogP contribution is -2.26. The highest BCUT2D eigenvalue weighted by Gasteiger charge is 2.15. The molecule has 0 bridgehead atoms. The van der Waals surface area contributed by atoms with Gasteiger partial charge in [0.15, 0.2) is 5.16 Å². The summed E-state index contributed by atoms with van der Waals surface area (Å²) in [5, 5.41) is 3.83. The average molecular weight is 353 g/mol. The van der Waals surface area contributed by atoms with Crippen molar-refractivity contribution in [1.29, 1.82) is 0 Å². The number of nitrogens with one attached hydrogen (secondary N) is 1. The van der Waals surface area contributed by atoms with E-state index in [9.17, 15) is 9.59 Å². The lowest BCUT2D eigenvalue weighted by molar-refractivity contribution is -0.116. The number of aromatic nitrogens is 4. The Labute approximate surface area is 147 Å². The summed E-state index contributed by atoms with van der Waals surface area (Å²) in [6.45, 7) is 0.925. The number of fused-ring (bicyclic) bond motifs is 1. The van der Waals surface area contributed by atoms with Gasteiger partial charge in [0.2, 0.25) is 5.91 Å². The molecule has 8 heteroatoms. The summed E-state index contributed by atoms with van der Waals surface area (Å²) in [5.74, 6) is 0.799. The van der Waals surface area contributed by atoms with Gasteiger partial charge in [-0.25, -0.2) is 9.97 Å². The van der Waals surface area contributed by atoms with Gasteiger partial charge in [-0.05, 0) is 12.1 Å². The molecule has 126 valence electrons. The number of carbonyl (C=O) groups excluding carboxylic acids is 1. The van der Waals surface area contributed by atoms with Crippen molar-refractivity contribution in [3.8, 4) is 11.3 Å². The quantitative estimate of drug-likeness (QED) is 0.774. The minimum Gasteiger partial charge on any atom is -0.325 e. The van der Waals surface area contributed by atoms with Crippen LogP contribution >= 0.6 is 11.8 Å². The van der Waals surface area contributed by atoms with Crippen LogP contribution in [0.1, 0.15) is 0 Å².